The molecule has 19 heavy (non-hydrogen) atoms. The Balaban J connectivity index is 1.76. The highest BCUT2D eigenvalue weighted by Crippen LogP contribution is 2.32. The molecule has 2 aromatic rings. The summed E-state index contributed by atoms with van der Waals surface area (Å²) in [4.78, 5) is 0. The van der Waals surface area contributed by atoms with Gasteiger partial charge in [-0.2, -0.15) is 0 Å². The van der Waals surface area contributed by atoms with Crippen LogP contribution in [0.2, 0.25) is 0 Å². The molecule has 100 valence electrons. The second-order valence-corrected chi connectivity index (χ2v) is 4.54. The molecular formula is C13H16N4O2. The highest BCUT2D eigenvalue weighted by atomic mass is 16.7. The molecule has 1 aromatic heterocycles. The fraction of sp³-hybridized carbons (Fsp3) is 0.385. The number of nitrogens with zero attached hydrogens (tertiary/aromatic N) is 3. The molecule has 1 unspecified atom stereocenters. The maximum Gasteiger partial charge on any atom is 0.231 e. The zero-order valence-corrected chi connectivity index (χ0v) is 10.7. The molecule has 1 aliphatic heterocycles. The van der Waals surface area contributed by atoms with Crippen LogP contribution >= 0.6 is 0 Å². The minimum atomic E-state index is -0.0505. The molecule has 1 aliphatic rings. The van der Waals surface area contributed by atoms with E-state index in [1.807, 2.05) is 31.3 Å². The SMILES string of the molecule is CCC(N)c1cn(Cc2ccc3c(c2)OCO3)nn1. The maximum atomic E-state index is 5.92. The number of nitrogens with two attached hydrogens (primary N) is 1. The van der Waals surface area contributed by atoms with E-state index >= 15 is 0 Å². The van der Waals surface area contributed by atoms with Crippen molar-refractivity contribution >= 4 is 0 Å². The number of benzene rings is 1. The monoisotopic (exact) mass is 260 g/mol. The first-order valence-corrected chi connectivity index (χ1v) is 6.30. The Morgan fingerprint density at radius 3 is 3.05 bits per heavy atom. The average Bonchev–Trinajstić information content (AvgIpc) is 3.06. The number of ether oxygens (including phenoxy) is 2. The van der Waals surface area contributed by atoms with Gasteiger partial charge in [-0.3, -0.25) is 0 Å². The van der Waals surface area contributed by atoms with Gasteiger partial charge >= 0.3 is 0 Å². The van der Waals surface area contributed by atoms with Crippen molar-refractivity contribution in [2.75, 3.05) is 6.79 Å². The third-order valence-corrected chi connectivity index (χ3v) is 3.16. The number of hydrogen-bond donors (Lipinski definition) is 1. The van der Waals surface area contributed by atoms with Crippen LogP contribution in [0, 0.1) is 0 Å². The molecule has 6 nitrogen and oxygen atoms in total. The Bertz CT molecular complexity index is 582. The van der Waals surface area contributed by atoms with E-state index in [1.54, 1.807) is 4.68 Å². The van der Waals surface area contributed by atoms with Crippen LogP contribution in [0.3, 0.4) is 0 Å². The Kier molecular flexibility index (Phi) is 3.08. The van der Waals surface area contributed by atoms with Crippen LogP contribution in [0.1, 0.15) is 30.6 Å². The summed E-state index contributed by atoms with van der Waals surface area (Å²) in [6.45, 7) is 2.96. The topological polar surface area (TPSA) is 75.2 Å². The fourth-order valence-electron chi connectivity index (χ4n) is 2.00. The van der Waals surface area contributed by atoms with E-state index in [9.17, 15) is 0 Å². The molecule has 0 saturated carbocycles. The number of fused-ring (bicyclic) bond motifs is 1. The summed E-state index contributed by atoms with van der Waals surface area (Å²) in [5.74, 6) is 1.57. The summed E-state index contributed by atoms with van der Waals surface area (Å²) in [7, 11) is 0. The van der Waals surface area contributed by atoms with Crippen molar-refractivity contribution in [1.82, 2.24) is 15.0 Å². The van der Waals surface area contributed by atoms with Crippen molar-refractivity contribution in [2.24, 2.45) is 5.73 Å². The normalized spacial score (nSPS) is 14.6. The standard InChI is InChI=1S/C13H16N4O2/c1-2-10(14)11-7-17(16-15-11)6-9-3-4-12-13(5-9)19-8-18-12/h3-5,7,10H,2,6,8,14H2,1H3. The molecule has 1 atom stereocenters. The van der Waals surface area contributed by atoms with Crippen molar-refractivity contribution in [3.63, 3.8) is 0 Å². The van der Waals surface area contributed by atoms with Gasteiger partial charge in [0.2, 0.25) is 6.79 Å². The quantitative estimate of drug-likeness (QED) is 0.900. The minimum Gasteiger partial charge on any atom is -0.454 e. The zero-order valence-electron chi connectivity index (χ0n) is 10.7. The summed E-state index contributed by atoms with van der Waals surface area (Å²) in [6.07, 6.45) is 2.74. The van der Waals surface area contributed by atoms with Gasteiger partial charge in [0.15, 0.2) is 11.5 Å². The first-order valence-electron chi connectivity index (χ1n) is 6.30. The van der Waals surface area contributed by atoms with E-state index in [4.69, 9.17) is 15.2 Å². The fourth-order valence-corrected chi connectivity index (χ4v) is 2.00. The Labute approximate surface area is 111 Å². The Morgan fingerprint density at radius 2 is 2.21 bits per heavy atom. The summed E-state index contributed by atoms with van der Waals surface area (Å²) in [5, 5.41) is 8.18. The molecule has 3 rings (SSSR count). The summed E-state index contributed by atoms with van der Waals surface area (Å²) in [5.41, 5.74) is 7.83. The number of aromatic nitrogens is 3. The van der Waals surface area contributed by atoms with Crippen LogP contribution in [0.4, 0.5) is 0 Å². The van der Waals surface area contributed by atoms with Gasteiger partial charge in [0.25, 0.3) is 0 Å². The van der Waals surface area contributed by atoms with Crippen LogP contribution in [0.25, 0.3) is 0 Å². The first-order chi connectivity index (χ1) is 9.26. The van der Waals surface area contributed by atoms with E-state index in [2.05, 4.69) is 10.3 Å². The molecule has 0 amide bonds. The molecule has 2 heterocycles. The maximum absolute atomic E-state index is 5.92. The number of rotatable bonds is 4. The molecule has 0 spiro atoms. The molecule has 0 fully saturated rings. The van der Waals surface area contributed by atoms with E-state index in [0.29, 0.717) is 6.54 Å². The third kappa shape index (κ3) is 2.39. The summed E-state index contributed by atoms with van der Waals surface area (Å²) in [6, 6.07) is 5.82. The zero-order chi connectivity index (χ0) is 13.2. The lowest BCUT2D eigenvalue weighted by Gasteiger charge is -2.03. The molecule has 6 heteroatoms. The lowest BCUT2D eigenvalue weighted by Crippen LogP contribution is -2.08. The molecule has 1 aromatic carbocycles. The lowest BCUT2D eigenvalue weighted by atomic mass is 10.2. The predicted octanol–water partition coefficient (Wildman–Crippen LogP) is 1.46. The van der Waals surface area contributed by atoms with Crippen molar-refractivity contribution < 1.29 is 9.47 Å². The van der Waals surface area contributed by atoms with Crippen molar-refractivity contribution in [3.05, 3.63) is 35.7 Å². The lowest BCUT2D eigenvalue weighted by molar-refractivity contribution is 0.174. The van der Waals surface area contributed by atoms with Gasteiger partial charge in [0.05, 0.1) is 24.5 Å². The van der Waals surface area contributed by atoms with Gasteiger partial charge in [0.1, 0.15) is 0 Å². The molecule has 2 N–H and O–H groups in total. The second-order valence-electron chi connectivity index (χ2n) is 4.54. The Hall–Kier alpha value is -2.08. The van der Waals surface area contributed by atoms with Gasteiger partial charge < -0.3 is 15.2 Å². The highest BCUT2D eigenvalue weighted by molar-refractivity contribution is 5.44. The minimum absolute atomic E-state index is 0.0505. The van der Waals surface area contributed by atoms with E-state index in [1.165, 1.54) is 0 Å². The largest absolute Gasteiger partial charge is 0.454 e. The smallest absolute Gasteiger partial charge is 0.231 e. The molecule has 0 radical (unpaired) electrons. The van der Waals surface area contributed by atoms with Gasteiger partial charge in [-0.1, -0.05) is 18.2 Å². The van der Waals surface area contributed by atoms with Gasteiger partial charge in [0, 0.05) is 0 Å². The third-order valence-electron chi connectivity index (χ3n) is 3.16. The first kappa shape index (κ1) is 12.0. The van der Waals surface area contributed by atoms with E-state index in [0.717, 1.165) is 29.2 Å². The van der Waals surface area contributed by atoms with Crippen molar-refractivity contribution in [3.8, 4) is 11.5 Å². The van der Waals surface area contributed by atoms with Gasteiger partial charge in [-0.05, 0) is 24.1 Å². The van der Waals surface area contributed by atoms with Crippen LogP contribution in [0.5, 0.6) is 11.5 Å². The summed E-state index contributed by atoms with van der Waals surface area (Å²) < 4.78 is 12.4. The molecule has 0 bridgehead atoms. The number of hydrogen-bond acceptors (Lipinski definition) is 5. The average molecular weight is 260 g/mol. The van der Waals surface area contributed by atoms with Gasteiger partial charge in [-0.25, -0.2) is 4.68 Å². The van der Waals surface area contributed by atoms with E-state index in [-0.39, 0.29) is 12.8 Å². The summed E-state index contributed by atoms with van der Waals surface area (Å²) >= 11 is 0. The van der Waals surface area contributed by atoms with Crippen molar-refractivity contribution in [1.29, 1.82) is 0 Å². The highest BCUT2D eigenvalue weighted by Gasteiger charge is 2.14. The van der Waals surface area contributed by atoms with Crippen LogP contribution in [-0.2, 0) is 6.54 Å². The van der Waals surface area contributed by atoms with Crippen molar-refractivity contribution in [2.45, 2.75) is 25.9 Å². The molecule has 0 aliphatic carbocycles. The van der Waals surface area contributed by atoms with Crippen LogP contribution < -0.4 is 15.2 Å². The predicted molar refractivity (Wildman–Crippen MR) is 68.9 cm³/mol. The van der Waals surface area contributed by atoms with E-state index < -0.39 is 0 Å². The second kappa shape index (κ2) is 4.89. The van der Waals surface area contributed by atoms with Crippen LogP contribution in [-0.4, -0.2) is 21.8 Å². The van der Waals surface area contributed by atoms with Gasteiger partial charge in [-0.15, -0.1) is 5.10 Å². The Morgan fingerprint density at radius 1 is 1.37 bits per heavy atom. The van der Waals surface area contributed by atoms with Crippen LogP contribution in [0.15, 0.2) is 24.4 Å². The molecule has 0 saturated heterocycles. The molecular weight excluding hydrogens is 244 g/mol.